The maximum absolute atomic E-state index is 11.1. The molecule has 0 bridgehead atoms. The Labute approximate surface area is 160 Å². The third-order valence-corrected chi connectivity index (χ3v) is 5.65. The van der Waals surface area contributed by atoms with Crippen LogP contribution in [0.2, 0.25) is 0 Å². The fourth-order valence-corrected chi connectivity index (χ4v) is 4.11. The van der Waals surface area contributed by atoms with E-state index in [9.17, 15) is 10.1 Å². The Hall–Kier alpha value is -3.06. The molecule has 4 rings (SSSR count). The van der Waals surface area contributed by atoms with E-state index in [2.05, 4.69) is 16.0 Å². The monoisotopic (exact) mass is 379 g/mol. The van der Waals surface area contributed by atoms with Crippen LogP contribution in [0, 0.1) is 17.0 Å². The van der Waals surface area contributed by atoms with Crippen LogP contribution >= 0.6 is 11.3 Å². The van der Waals surface area contributed by atoms with E-state index in [1.54, 1.807) is 37.7 Å². The van der Waals surface area contributed by atoms with Crippen molar-refractivity contribution in [3.63, 3.8) is 0 Å². The third-order valence-electron chi connectivity index (χ3n) is 4.63. The Morgan fingerprint density at radius 1 is 1.26 bits per heavy atom. The van der Waals surface area contributed by atoms with Gasteiger partial charge in [0.15, 0.2) is 0 Å². The summed E-state index contributed by atoms with van der Waals surface area (Å²) >= 11 is 1.57. The van der Waals surface area contributed by atoms with E-state index in [4.69, 9.17) is 4.74 Å². The second-order valence-electron chi connectivity index (χ2n) is 6.35. The molecule has 0 atom stereocenters. The first-order chi connectivity index (χ1) is 13.0. The van der Waals surface area contributed by atoms with Crippen LogP contribution in [0.25, 0.3) is 11.3 Å². The number of aryl methyl sites for hydroxylation is 3. The van der Waals surface area contributed by atoms with Gasteiger partial charge in [-0.2, -0.15) is 0 Å². The molecule has 0 saturated heterocycles. The highest BCUT2D eigenvalue weighted by Crippen LogP contribution is 2.40. The van der Waals surface area contributed by atoms with E-state index in [0.29, 0.717) is 16.3 Å². The lowest BCUT2D eigenvalue weighted by Gasteiger charge is -2.15. The van der Waals surface area contributed by atoms with Crippen LogP contribution < -0.4 is 4.74 Å². The highest BCUT2D eigenvalue weighted by atomic mass is 32.1. The van der Waals surface area contributed by atoms with Gasteiger partial charge in [0.1, 0.15) is 5.75 Å². The lowest BCUT2D eigenvalue weighted by atomic mass is 9.93. The Bertz CT molecular complexity index is 1070. The summed E-state index contributed by atoms with van der Waals surface area (Å²) in [6.07, 6.45) is 3.51. The van der Waals surface area contributed by atoms with Gasteiger partial charge in [-0.1, -0.05) is 23.5 Å². The number of aromatic nitrogens is 1. The Morgan fingerprint density at radius 2 is 2.11 bits per heavy atom. The van der Waals surface area contributed by atoms with E-state index in [-0.39, 0.29) is 10.6 Å². The van der Waals surface area contributed by atoms with E-state index in [1.807, 2.05) is 18.2 Å². The maximum atomic E-state index is 11.1. The van der Waals surface area contributed by atoms with E-state index >= 15 is 0 Å². The average Bonchev–Trinajstić information content (AvgIpc) is 3.10. The number of nitro benzene ring substituents is 1. The van der Waals surface area contributed by atoms with Crippen LogP contribution in [0.3, 0.4) is 0 Å². The first kappa shape index (κ1) is 17.4. The van der Waals surface area contributed by atoms with Crippen molar-refractivity contribution < 1.29 is 9.66 Å². The van der Waals surface area contributed by atoms with Crippen molar-refractivity contribution in [1.82, 2.24) is 4.98 Å². The van der Waals surface area contributed by atoms with E-state index in [0.717, 1.165) is 29.8 Å². The predicted molar refractivity (Wildman–Crippen MR) is 107 cm³/mol. The zero-order chi connectivity index (χ0) is 19.0. The van der Waals surface area contributed by atoms with Crippen LogP contribution in [0.5, 0.6) is 5.75 Å². The molecule has 3 aromatic rings. The number of thiazole rings is 1. The molecule has 1 aromatic heterocycles. The summed E-state index contributed by atoms with van der Waals surface area (Å²) < 4.78 is 5.31. The molecule has 1 heterocycles. The first-order valence-corrected chi connectivity index (χ1v) is 9.33. The van der Waals surface area contributed by atoms with Crippen LogP contribution in [-0.4, -0.2) is 23.2 Å². The number of ether oxygens (including phenoxy) is 1. The van der Waals surface area contributed by atoms with Crippen LogP contribution in [0.4, 0.5) is 10.8 Å². The fourth-order valence-electron chi connectivity index (χ4n) is 3.19. The SMILES string of the molecule is COc1ccc2c(c1)CCc1sc(N=Cc3ccc(C)c([N+](=O)[O-])c3)nc1-2. The number of hydrogen-bond acceptors (Lipinski definition) is 6. The third kappa shape index (κ3) is 3.33. The topological polar surface area (TPSA) is 77.6 Å². The predicted octanol–water partition coefficient (Wildman–Crippen LogP) is 4.88. The summed E-state index contributed by atoms with van der Waals surface area (Å²) in [5.41, 5.74) is 4.75. The molecular weight excluding hydrogens is 362 g/mol. The van der Waals surface area contributed by atoms with Gasteiger partial charge in [0.25, 0.3) is 5.69 Å². The molecule has 6 nitrogen and oxygen atoms in total. The first-order valence-electron chi connectivity index (χ1n) is 8.51. The number of fused-ring (bicyclic) bond motifs is 3. The summed E-state index contributed by atoms with van der Waals surface area (Å²) in [7, 11) is 1.67. The van der Waals surface area contributed by atoms with Crippen molar-refractivity contribution in [2.75, 3.05) is 7.11 Å². The van der Waals surface area contributed by atoms with Gasteiger partial charge in [0.05, 0.1) is 17.7 Å². The summed E-state index contributed by atoms with van der Waals surface area (Å²) in [4.78, 5) is 21.1. The van der Waals surface area contributed by atoms with Gasteiger partial charge in [-0.05, 0) is 49.1 Å². The van der Waals surface area contributed by atoms with Gasteiger partial charge in [-0.15, -0.1) is 0 Å². The van der Waals surface area contributed by atoms with Gasteiger partial charge in [-0.25, -0.2) is 9.98 Å². The Balaban J connectivity index is 1.64. The number of methoxy groups -OCH3 is 1. The molecule has 1 aliphatic carbocycles. The van der Waals surface area contributed by atoms with E-state index in [1.165, 1.54) is 16.5 Å². The standard InChI is InChI=1S/C20H17N3O3S/c1-12-3-4-13(9-17(12)23(24)25)11-21-20-22-19-16-7-6-15(26-2)10-14(16)5-8-18(19)27-20/h3-4,6-7,9-11H,5,8H2,1-2H3. The molecule has 136 valence electrons. The molecule has 0 unspecified atom stereocenters. The fraction of sp³-hybridized carbons (Fsp3) is 0.200. The highest BCUT2D eigenvalue weighted by Gasteiger charge is 2.21. The second kappa shape index (κ2) is 6.92. The quantitative estimate of drug-likeness (QED) is 0.367. The van der Waals surface area contributed by atoms with Crippen molar-refractivity contribution in [2.24, 2.45) is 4.99 Å². The number of nitro groups is 1. The van der Waals surface area contributed by atoms with Gasteiger partial charge in [0.2, 0.25) is 5.13 Å². The van der Waals surface area contributed by atoms with Crippen molar-refractivity contribution >= 4 is 28.4 Å². The van der Waals surface area contributed by atoms with Crippen molar-refractivity contribution in [1.29, 1.82) is 0 Å². The molecule has 7 heteroatoms. The van der Waals surface area contributed by atoms with Crippen molar-refractivity contribution in [3.05, 3.63) is 68.1 Å². The second-order valence-corrected chi connectivity index (χ2v) is 7.41. The summed E-state index contributed by atoms with van der Waals surface area (Å²) in [5.74, 6) is 0.853. The number of nitrogens with zero attached hydrogens (tertiary/aromatic N) is 3. The normalized spacial score (nSPS) is 12.7. The van der Waals surface area contributed by atoms with Crippen LogP contribution in [0.15, 0.2) is 41.4 Å². The molecule has 0 spiro atoms. The number of aliphatic imine (C=N–C) groups is 1. The molecular formula is C20H17N3O3S. The molecule has 0 radical (unpaired) electrons. The zero-order valence-corrected chi connectivity index (χ0v) is 15.7. The largest absolute Gasteiger partial charge is 0.497 e. The number of rotatable bonds is 4. The maximum Gasteiger partial charge on any atom is 0.272 e. The molecule has 2 aromatic carbocycles. The van der Waals surface area contributed by atoms with Crippen molar-refractivity contribution in [3.8, 4) is 17.0 Å². The lowest BCUT2D eigenvalue weighted by Crippen LogP contribution is -2.02. The number of benzene rings is 2. The minimum atomic E-state index is -0.375. The molecule has 0 N–H and O–H groups in total. The molecule has 0 amide bonds. The van der Waals surface area contributed by atoms with Crippen LogP contribution in [-0.2, 0) is 12.8 Å². The Kier molecular flexibility index (Phi) is 4.45. The van der Waals surface area contributed by atoms with Crippen LogP contribution in [0.1, 0.15) is 21.6 Å². The van der Waals surface area contributed by atoms with Gasteiger partial charge in [-0.3, -0.25) is 10.1 Å². The average molecular weight is 379 g/mol. The minimum Gasteiger partial charge on any atom is -0.497 e. The zero-order valence-electron chi connectivity index (χ0n) is 14.9. The highest BCUT2D eigenvalue weighted by molar-refractivity contribution is 7.15. The van der Waals surface area contributed by atoms with Gasteiger partial charge in [0, 0.05) is 28.3 Å². The summed E-state index contributed by atoms with van der Waals surface area (Å²) in [5, 5.41) is 11.7. The van der Waals surface area contributed by atoms with Gasteiger partial charge >= 0.3 is 0 Å². The minimum absolute atomic E-state index is 0.0975. The molecule has 0 saturated carbocycles. The summed E-state index contributed by atoms with van der Waals surface area (Å²) in [6, 6.07) is 11.1. The molecule has 0 fully saturated rings. The Morgan fingerprint density at radius 3 is 2.89 bits per heavy atom. The van der Waals surface area contributed by atoms with E-state index < -0.39 is 0 Å². The van der Waals surface area contributed by atoms with Gasteiger partial charge < -0.3 is 4.74 Å². The summed E-state index contributed by atoms with van der Waals surface area (Å²) in [6.45, 7) is 1.72. The molecule has 1 aliphatic rings. The molecule has 27 heavy (non-hydrogen) atoms. The lowest BCUT2D eigenvalue weighted by molar-refractivity contribution is -0.385. The molecule has 0 aliphatic heterocycles. The van der Waals surface area contributed by atoms with Crippen molar-refractivity contribution in [2.45, 2.75) is 19.8 Å². The number of hydrogen-bond donors (Lipinski definition) is 0. The smallest absolute Gasteiger partial charge is 0.272 e.